The van der Waals surface area contributed by atoms with Crippen molar-refractivity contribution in [2.24, 2.45) is 0 Å². The maximum atomic E-state index is 11.9. The second-order valence-corrected chi connectivity index (χ2v) is 2.79. The number of nitrogens with zero attached hydrogens (tertiary/aromatic N) is 1. The van der Waals surface area contributed by atoms with Crippen LogP contribution in [0.5, 0.6) is 0 Å². The van der Waals surface area contributed by atoms with Gasteiger partial charge in [-0.25, -0.2) is 4.79 Å². The van der Waals surface area contributed by atoms with E-state index in [4.69, 9.17) is 0 Å². The molecule has 0 rings (SSSR count). The molecule has 0 amide bonds. The highest BCUT2D eigenvalue weighted by Gasteiger charge is 2.42. The molecule has 0 spiro atoms. The largest absolute Gasteiger partial charge is 0.492 e. The molecule has 0 heterocycles. The SMILES string of the molecule is COCCN(CCOC)OC(=O)C(F)(F)F. The van der Waals surface area contributed by atoms with Crippen LogP contribution in [0.4, 0.5) is 13.2 Å². The maximum Gasteiger partial charge on any atom is 0.492 e. The van der Waals surface area contributed by atoms with Gasteiger partial charge in [0.15, 0.2) is 0 Å². The number of carbonyl (C=O) groups is 1. The molecule has 0 saturated heterocycles. The summed E-state index contributed by atoms with van der Waals surface area (Å²) in [6.07, 6.45) is -5.00. The fourth-order valence-corrected chi connectivity index (χ4v) is 0.758. The zero-order valence-electron chi connectivity index (χ0n) is 9.04. The first kappa shape index (κ1) is 15.1. The van der Waals surface area contributed by atoms with Crippen LogP contribution >= 0.6 is 0 Å². The summed E-state index contributed by atoms with van der Waals surface area (Å²) >= 11 is 0. The van der Waals surface area contributed by atoms with Crippen molar-refractivity contribution < 1.29 is 32.3 Å². The molecule has 0 aliphatic rings. The quantitative estimate of drug-likeness (QED) is 0.615. The monoisotopic (exact) mass is 245 g/mol. The first-order valence-corrected chi connectivity index (χ1v) is 4.43. The molecule has 0 radical (unpaired) electrons. The van der Waals surface area contributed by atoms with Crippen molar-refractivity contribution >= 4 is 5.97 Å². The number of hydrogen-bond acceptors (Lipinski definition) is 5. The molecule has 0 N–H and O–H groups in total. The normalized spacial score (nSPS) is 11.9. The minimum atomic E-state index is -5.00. The van der Waals surface area contributed by atoms with Gasteiger partial charge in [0.05, 0.1) is 26.3 Å². The van der Waals surface area contributed by atoms with Crippen molar-refractivity contribution in [3.63, 3.8) is 0 Å². The van der Waals surface area contributed by atoms with E-state index in [-0.39, 0.29) is 26.3 Å². The van der Waals surface area contributed by atoms with Crippen LogP contribution in [-0.2, 0) is 19.1 Å². The van der Waals surface area contributed by atoms with Crippen molar-refractivity contribution in [1.29, 1.82) is 0 Å². The van der Waals surface area contributed by atoms with Crippen molar-refractivity contribution in [2.45, 2.75) is 6.18 Å². The zero-order valence-corrected chi connectivity index (χ0v) is 9.04. The smallest absolute Gasteiger partial charge is 0.383 e. The summed E-state index contributed by atoms with van der Waals surface area (Å²) < 4.78 is 45.0. The number of methoxy groups -OCH3 is 2. The lowest BCUT2D eigenvalue weighted by atomic mass is 10.6. The van der Waals surface area contributed by atoms with E-state index in [9.17, 15) is 18.0 Å². The molecule has 16 heavy (non-hydrogen) atoms. The van der Waals surface area contributed by atoms with Gasteiger partial charge in [0.2, 0.25) is 0 Å². The lowest BCUT2D eigenvalue weighted by Crippen LogP contribution is -2.38. The number of carbonyl (C=O) groups excluding carboxylic acids is 1. The highest BCUT2D eigenvalue weighted by atomic mass is 19.4. The van der Waals surface area contributed by atoms with Gasteiger partial charge in [-0.3, -0.25) is 0 Å². The lowest BCUT2D eigenvalue weighted by Gasteiger charge is -2.20. The minimum absolute atomic E-state index is 0.0433. The average Bonchev–Trinajstić information content (AvgIpc) is 2.20. The summed E-state index contributed by atoms with van der Waals surface area (Å²) in [7, 11) is 2.78. The van der Waals surface area contributed by atoms with Crippen LogP contribution in [0.25, 0.3) is 0 Å². The number of rotatable bonds is 7. The van der Waals surface area contributed by atoms with Crippen LogP contribution in [0, 0.1) is 0 Å². The van der Waals surface area contributed by atoms with E-state index >= 15 is 0 Å². The maximum absolute atomic E-state index is 11.9. The van der Waals surface area contributed by atoms with Gasteiger partial charge in [0.1, 0.15) is 0 Å². The molecule has 96 valence electrons. The second-order valence-electron chi connectivity index (χ2n) is 2.79. The molecule has 0 aliphatic heterocycles. The molecule has 5 nitrogen and oxygen atoms in total. The number of ether oxygens (including phenoxy) is 2. The van der Waals surface area contributed by atoms with E-state index < -0.39 is 12.1 Å². The predicted octanol–water partition coefficient (Wildman–Crippen LogP) is 0.602. The molecule has 0 aromatic heterocycles. The Kier molecular flexibility index (Phi) is 7.02. The summed E-state index contributed by atoms with van der Waals surface area (Å²) in [5.74, 6) is -2.25. The van der Waals surface area contributed by atoms with Crippen molar-refractivity contribution in [3.8, 4) is 0 Å². The number of halogens is 3. The van der Waals surface area contributed by atoms with Gasteiger partial charge in [-0.05, 0) is 0 Å². The van der Waals surface area contributed by atoms with E-state index in [1.807, 2.05) is 0 Å². The molecule has 0 saturated carbocycles. The Labute approximate surface area is 91.0 Å². The van der Waals surface area contributed by atoms with Crippen LogP contribution in [0.15, 0.2) is 0 Å². The van der Waals surface area contributed by atoms with Crippen LogP contribution in [-0.4, -0.2) is 57.7 Å². The lowest BCUT2D eigenvalue weighted by molar-refractivity contribution is -0.241. The van der Waals surface area contributed by atoms with Crippen LogP contribution in [0.3, 0.4) is 0 Å². The molecule has 0 fully saturated rings. The van der Waals surface area contributed by atoms with E-state index in [1.54, 1.807) is 0 Å². The Balaban J connectivity index is 4.13. The van der Waals surface area contributed by atoms with Crippen molar-refractivity contribution in [1.82, 2.24) is 5.06 Å². The summed E-state index contributed by atoms with van der Waals surface area (Å²) in [5, 5.41) is 0.850. The van der Waals surface area contributed by atoms with Crippen LogP contribution in [0.2, 0.25) is 0 Å². The fraction of sp³-hybridized carbons (Fsp3) is 0.875. The summed E-state index contributed by atoms with van der Waals surface area (Å²) in [5.41, 5.74) is 0. The Morgan fingerprint density at radius 3 is 1.88 bits per heavy atom. The highest BCUT2D eigenvalue weighted by molar-refractivity contribution is 5.75. The standard InChI is InChI=1S/C8H14F3NO4/c1-14-5-3-12(4-6-15-2)16-7(13)8(9,10)11/h3-6H2,1-2H3. The molecule has 0 aliphatic carbocycles. The Bertz CT molecular complexity index is 202. The van der Waals surface area contributed by atoms with Crippen LogP contribution in [0.1, 0.15) is 0 Å². The van der Waals surface area contributed by atoms with E-state index in [2.05, 4.69) is 14.3 Å². The Hall–Kier alpha value is -0.860. The fourth-order valence-electron chi connectivity index (χ4n) is 0.758. The molecular weight excluding hydrogens is 231 g/mol. The van der Waals surface area contributed by atoms with Gasteiger partial charge >= 0.3 is 12.1 Å². The molecule has 0 unspecified atom stereocenters. The first-order chi connectivity index (χ1) is 7.41. The number of hydrogen-bond donors (Lipinski definition) is 0. The number of hydroxylamine groups is 2. The van der Waals surface area contributed by atoms with Gasteiger partial charge in [-0.1, -0.05) is 0 Å². The summed E-state index contributed by atoms with van der Waals surface area (Å²) in [6, 6.07) is 0. The molecule has 0 bridgehead atoms. The third kappa shape index (κ3) is 6.59. The highest BCUT2D eigenvalue weighted by Crippen LogP contribution is 2.17. The predicted molar refractivity (Wildman–Crippen MR) is 47.5 cm³/mol. The van der Waals surface area contributed by atoms with Crippen molar-refractivity contribution in [2.75, 3.05) is 40.5 Å². The van der Waals surface area contributed by atoms with Gasteiger partial charge in [-0.2, -0.15) is 13.2 Å². The van der Waals surface area contributed by atoms with Crippen LogP contribution < -0.4 is 0 Å². The van der Waals surface area contributed by atoms with E-state index in [1.165, 1.54) is 14.2 Å². The molecule has 0 aromatic rings. The molecule has 0 aromatic carbocycles. The Morgan fingerprint density at radius 1 is 1.12 bits per heavy atom. The van der Waals surface area contributed by atoms with Gasteiger partial charge in [-0.15, -0.1) is 5.06 Å². The van der Waals surface area contributed by atoms with E-state index in [0.29, 0.717) is 0 Å². The molecule has 8 heteroatoms. The third-order valence-corrected chi connectivity index (χ3v) is 1.53. The third-order valence-electron chi connectivity index (χ3n) is 1.53. The van der Waals surface area contributed by atoms with E-state index in [0.717, 1.165) is 5.06 Å². The number of alkyl halides is 3. The molecule has 0 atom stereocenters. The Morgan fingerprint density at radius 2 is 1.56 bits per heavy atom. The summed E-state index contributed by atoms with van der Waals surface area (Å²) in [4.78, 5) is 14.7. The zero-order chi connectivity index (χ0) is 12.6. The summed E-state index contributed by atoms with van der Waals surface area (Å²) in [6.45, 7) is 0.382. The minimum Gasteiger partial charge on any atom is -0.383 e. The average molecular weight is 245 g/mol. The van der Waals surface area contributed by atoms with Gasteiger partial charge in [0, 0.05) is 14.2 Å². The topological polar surface area (TPSA) is 48.0 Å². The van der Waals surface area contributed by atoms with Gasteiger partial charge < -0.3 is 14.3 Å². The van der Waals surface area contributed by atoms with Crippen molar-refractivity contribution in [3.05, 3.63) is 0 Å². The first-order valence-electron chi connectivity index (χ1n) is 4.43. The second kappa shape index (κ2) is 7.42. The van der Waals surface area contributed by atoms with Gasteiger partial charge in [0.25, 0.3) is 0 Å². The molecular formula is C8H14F3NO4.